The van der Waals surface area contributed by atoms with E-state index in [0.29, 0.717) is 36.4 Å². The molecule has 0 heterocycles. The van der Waals surface area contributed by atoms with Crippen LogP contribution in [-0.4, -0.2) is 28.1 Å². The van der Waals surface area contributed by atoms with Crippen LogP contribution in [0.5, 0.6) is 0 Å². The molecule has 0 bridgehead atoms. The van der Waals surface area contributed by atoms with Crippen molar-refractivity contribution in [1.82, 2.24) is 0 Å². The monoisotopic (exact) mass is 398 g/mol. The Morgan fingerprint density at radius 1 is 0.625 bits per heavy atom. The van der Waals surface area contributed by atoms with E-state index in [9.17, 15) is 0 Å². The third kappa shape index (κ3) is 6.82. The van der Waals surface area contributed by atoms with E-state index in [2.05, 4.69) is 62.3 Å². The van der Waals surface area contributed by atoms with Crippen molar-refractivity contribution >= 4 is 8.32 Å². The molecule has 0 aromatic carbocycles. The minimum atomic E-state index is -3.74. The molecule has 4 nitrogen and oxygen atoms in total. The van der Waals surface area contributed by atoms with Crippen molar-refractivity contribution in [3.05, 3.63) is 0 Å². The Bertz CT molecular complexity index is 281. The second-order valence-electron chi connectivity index (χ2n) is 7.47. The van der Waals surface area contributed by atoms with Crippen LogP contribution < -0.4 is 0 Å². The van der Waals surface area contributed by atoms with Gasteiger partial charge in [0.15, 0.2) is 0 Å². The Kier molecular flexibility index (Phi) is 12.6. The zero-order valence-electron chi connectivity index (χ0n) is 17.6. The molecule has 0 aliphatic heterocycles. The summed E-state index contributed by atoms with van der Waals surface area (Å²) in [4.78, 5) is 0. The molecule has 0 aromatic rings. The number of hydrogen-bond acceptors (Lipinski definition) is 4. The van der Waals surface area contributed by atoms with Gasteiger partial charge in [-0.15, -0.1) is 0 Å². The second-order valence-corrected chi connectivity index (χ2v) is 16.7. The molecule has 0 amide bonds. The molecule has 0 aliphatic carbocycles. The van der Waals surface area contributed by atoms with Crippen molar-refractivity contribution in [1.29, 1.82) is 0 Å². The summed E-state index contributed by atoms with van der Waals surface area (Å²) in [5.74, 6) is 0. The van der Waals surface area contributed by atoms with Crippen LogP contribution >= 0.6 is 0 Å². The van der Waals surface area contributed by atoms with Gasteiger partial charge in [0.05, 0.1) is 0 Å². The quantitative estimate of drug-likeness (QED) is 0.323. The van der Waals surface area contributed by atoms with Gasteiger partial charge in [-0.1, -0.05) is 0 Å². The summed E-state index contributed by atoms with van der Waals surface area (Å²) in [5, 5.41) is 0. The molecule has 0 fully saturated rings. The average molecular weight is 398 g/mol. The fourth-order valence-electron chi connectivity index (χ4n) is 3.46. The van der Waals surface area contributed by atoms with E-state index in [1.807, 2.05) is 0 Å². The van der Waals surface area contributed by atoms with Gasteiger partial charge < -0.3 is 0 Å². The van der Waals surface area contributed by atoms with Gasteiger partial charge in [-0.05, 0) is 0 Å². The first-order chi connectivity index (χ1) is 11.2. The van der Waals surface area contributed by atoms with Crippen LogP contribution in [0.15, 0.2) is 0 Å². The molecule has 0 unspecified atom stereocenters. The predicted molar refractivity (Wildman–Crippen MR) is 101 cm³/mol. The molecule has 0 saturated heterocycles. The molecule has 146 valence electrons. The molecule has 0 spiro atoms. The molecule has 24 heavy (non-hydrogen) atoms. The van der Waals surface area contributed by atoms with Crippen molar-refractivity contribution in [3.8, 4) is 0 Å². The van der Waals surface area contributed by atoms with E-state index < -0.39 is 26.5 Å². The van der Waals surface area contributed by atoms with E-state index in [0.717, 1.165) is 19.3 Å². The van der Waals surface area contributed by atoms with E-state index >= 15 is 0 Å². The summed E-state index contributed by atoms with van der Waals surface area (Å²) in [6.45, 7) is 22.0. The average Bonchev–Trinajstić information content (AvgIpc) is 2.52. The first kappa shape index (κ1) is 24.8. The third-order valence-corrected chi connectivity index (χ3v) is 15.9. The van der Waals surface area contributed by atoms with Gasteiger partial charge in [0, 0.05) is 0 Å². The Hall–Kier alpha value is 0.771. The fourth-order valence-corrected chi connectivity index (χ4v) is 17.5. The molecular formula is C18H42O4SiTi. The molecule has 0 rings (SSSR count). The topological polar surface area (TPSA) is 36.9 Å². The van der Waals surface area contributed by atoms with E-state index in [-0.39, 0.29) is 0 Å². The van der Waals surface area contributed by atoms with Crippen molar-refractivity contribution in [2.75, 3.05) is 19.8 Å². The van der Waals surface area contributed by atoms with Crippen molar-refractivity contribution in [3.63, 3.8) is 0 Å². The van der Waals surface area contributed by atoms with Gasteiger partial charge in [0.2, 0.25) is 0 Å². The summed E-state index contributed by atoms with van der Waals surface area (Å²) in [5.41, 5.74) is 1.47. The van der Waals surface area contributed by atoms with Crippen LogP contribution in [-0.2, 0) is 31.1 Å². The van der Waals surface area contributed by atoms with Gasteiger partial charge in [0.25, 0.3) is 0 Å². The second kappa shape index (κ2) is 12.2. The zero-order chi connectivity index (χ0) is 18.8. The Balaban J connectivity index is 5.76. The summed E-state index contributed by atoms with van der Waals surface area (Å²) in [6, 6.07) is 0. The van der Waals surface area contributed by atoms with E-state index in [4.69, 9.17) is 13.0 Å². The van der Waals surface area contributed by atoms with Crippen LogP contribution in [0.25, 0.3) is 0 Å². The van der Waals surface area contributed by atoms with Gasteiger partial charge >= 0.3 is 157 Å². The summed E-state index contributed by atoms with van der Waals surface area (Å²) < 4.78 is 25.7. The van der Waals surface area contributed by atoms with E-state index in [1.54, 1.807) is 0 Å². The molecule has 0 N–H and O–H groups in total. The van der Waals surface area contributed by atoms with Crippen LogP contribution in [0, 0.1) is 0 Å². The predicted octanol–water partition coefficient (Wildman–Crippen LogP) is 6.27. The summed E-state index contributed by atoms with van der Waals surface area (Å²) in [7, 11) is -2.10. The van der Waals surface area contributed by atoms with Gasteiger partial charge in [-0.3, -0.25) is 0 Å². The zero-order valence-corrected chi connectivity index (χ0v) is 20.2. The molecule has 0 aromatic heterocycles. The van der Waals surface area contributed by atoms with E-state index in [1.165, 1.54) is 0 Å². The Morgan fingerprint density at radius 3 is 1.12 bits per heavy atom. The van der Waals surface area contributed by atoms with Gasteiger partial charge in [0.1, 0.15) is 0 Å². The first-order valence-electron chi connectivity index (χ1n) is 9.84. The molecule has 0 aliphatic rings. The first-order valence-corrected chi connectivity index (χ1v) is 14.5. The van der Waals surface area contributed by atoms with Crippen LogP contribution in [0.4, 0.5) is 0 Å². The maximum absolute atomic E-state index is 6.98. The molecule has 6 heteroatoms. The third-order valence-electron chi connectivity index (χ3n) is 4.46. The standard InChI is InChI=1S/C9H21OSi.3C3H7O.Ti/c1-7(2)11(10,8(3)4)9(5)6;3*1-2-3-4;/h7-9H,1-6H3;3*2-3H2,1H3;/q4*-1;+4. The Labute approximate surface area is 157 Å². The molecule has 0 saturated carbocycles. The number of hydrogen-bond donors (Lipinski definition) is 0. The van der Waals surface area contributed by atoms with Gasteiger partial charge in [-0.2, -0.15) is 0 Å². The SMILES string of the molecule is CCC[O][Ti]([O]CCC)([O]CCC)[O][Si](C(C)C)(C(C)C)C(C)C. The molecule has 0 atom stereocenters. The number of rotatable bonds is 14. The van der Waals surface area contributed by atoms with Crippen molar-refractivity contribution < 1.29 is 31.1 Å². The van der Waals surface area contributed by atoms with Crippen LogP contribution in [0.2, 0.25) is 16.6 Å². The maximum atomic E-state index is 6.98. The molecule has 0 radical (unpaired) electrons. The van der Waals surface area contributed by atoms with Crippen molar-refractivity contribution in [2.45, 2.75) is 98.2 Å². The summed E-state index contributed by atoms with van der Waals surface area (Å²) in [6.07, 6.45) is 2.84. The van der Waals surface area contributed by atoms with Crippen LogP contribution in [0.1, 0.15) is 81.6 Å². The van der Waals surface area contributed by atoms with Gasteiger partial charge in [-0.25, -0.2) is 0 Å². The minimum absolute atomic E-state index is 0.489. The Morgan fingerprint density at radius 2 is 0.917 bits per heavy atom. The summed E-state index contributed by atoms with van der Waals surface area (Å²) >= 11 is -3.74. The van der Waals surface area contributed by atoms with Crippen molar-refractivity contribution in [2.24, 2.45) is 0 Å². The molecular weight excluding hydrogens is 356 g/mol. The van der Waals surface area contributed by atoms with Crippen LogP contribution in [0.3, 0.4) is 0 Å². The fraction of sp³-hybridized carbons (Fsp3) is 1.00. The normalized spacial score (nSPS) is 13.5.